The Morgan fingerprint density at radius 2 is 1.76 bits per heavy atom. The van der Waals surface area contributed by atoms with Crippen molar-refractivity contribution in [1.29, 1.82) is 0 Å². The highest BCUT2D eigenvalue weighted by Gasteiger charge is 2.25. The average molecular weight is 483 g/mol. The summed E-state index contributed by atoms with van der Waals surface area (Å²) in [5.41, 5.74) is 0.881. The Hall–Kier alpha value is -2.36. The highest BCUT2D eigenvalue weighted by atomic mass is 32.2. The number of unbranched alkanes of at least 4 members (excludes halogenated alkanes) is 1. The molecule has 0 aromatic heterocycles. The molecule has 7 nitrogen and oxygen atoms in total. The van der Waals surface area contributed by atoms with Crippen molar-refractivity contribution in [2.75, 3.05) is 41.0 Å². The maximum absolute atomic E-state index is 13.4. The van der Waals surface area contributed by atoms with E-state index in [1.54, 1.807) is 19.2 Å². The number of rotatable bonds is 14. The molecule has 0 radical (unpaired) electrons. The molecule has 0 spiro atoms. The molecule has 1 unspecified atom stereocenters. The zero-order chi connectivity index (χ0) is 24.4. The maximum Gasteiger partial charge on any atom is 0.246 e. The summed E-state index contributed by atoms with van der Waals surface area (Å²) in [6.07, 6.45) is 2.33. The van der Waals surface area contributed by atoms with Crippen LogP contribution in [0.5, 0.6) is 17.2 Å². The zero-order valence-electron chi connectivity index (χ0n) is 20.1. The topological polar surface area (TPSA) is 77.1 Å². The molecule has 9 heteroatoms. The second kappa shape index (κ2) is 12.8. The van der Waals surface area contributed by atoms with Crippen molar-refractivity contribution in [2.45, 2.75) is 44.0 Å². The molecule has 2 rings (SSSR count). The molecule has 33 heavy (non-hydrogen) atoms. The summed E-state index contributed by atoms with van der Waals surface area (Å²) in [5, 5.41) is 3.34. The molecule has 184 valence electrons. The van der Waals surface area contributed by atoms with Gasteiger partial charge in [0.15, 0.2) is 11.5 Å². The van der Waals surface area contributed by atoms with E-state index in [0.717, 1.165) is 18.4 Å². The first-order valence-corrected chi connectivity index (χ1v) is 12.5. The molecule has 0 saturated carbocycles. The van der Waals surface area contributed by atoms with Crippen LogP contribution in [-0.4, -0.2) is 59.7 Å². The number of halogens is 1. The summed E-state index contributed by atoms with van der Waals surface area (Å²) in [4.78, 5) is 0.176. The van der Waals surface area contributed by atoms with Crippen molar-refractivity contribution in [3.05, 3.63) is 47.8 Å². The monoisotopic (exact) mass is 482 g/mol. The number of nitrogens with one attached hydrogen (secondary N) is 1. The number of ether oxygens (including phenoxy) is 3. The van der Waals surface area contributed by atoms with Crippen LogP contribution in [0.2, 0.25) is 0 Å². The van der Waals surface area contributed by atoms with Crippen LogP contribution < -0.4 is 19.5 Å². The summed E-state index contributed by atoms with van der Waals surface area (Å²) < 4.78 is 57.1. The van der Waals surface area contributed by atoms with E-state index in [0.29, 0.717) is 43.4 Å². The predicted molar refractivity (Wildman–Crippen MR) is 127 cm³/mol. The molecular formula is C24H35FN2O5S. The molecule has 0 saturated heterocycles. The van der Waals surface area contributed by atoms with Crippen molar-refractivity contribution in [2.24, 2.45) is 0 Å². The lowest BCUT2D eigenvalue weighted by Crippen LogP contribution is -2.32. The first kappa shape index (κ1) is 26.9. The van der Waals surface area contributed by atoms with E-state index in [-0.39, 0.29) is 10.9 Å². The van der Waals surface area contributed by atoms with Gasteiger partial charge < -0.3 is 19.5 Å². The van der Waals surface area contributed by atoms with Crippen LogP contribution in [0.25, 0.3) is 0 Å². The van der Waals surface area contributed by atoms with Crippen molar-refractivity contribution in [3.63, 3.8) is 0 Å². The molecular weight excluding hydrogens is 447 g/mol. The smallest absolute Gasteiger partial charge is 0.246 e. The van der Waals surface area contributed by atoms with E-state index in [4.69, 9.17) is 14.2 Å². The minimum absolute atomic E-state index is 0.0600. The van der Waals surface area contributed by atoms with Crippen LogP contribution in [0.1, 0.15) is 32.3 Å². The van der Waals surface area contributed by atoms with E-state index in [1.807, 2.05) is 19.9 Å². The molecule has 2 aromatic rings. The Labute approximate surface area is 196 Å². The fourth-order valence-electron chi connectivity index (χ4n) is 3.37. The van der Waals surface area contributed by atoms with Crippen LogP contribution >= 0.6 is 0 Å². The quantitative estimate of drug-likeness (QED) is 0.412. The normalized spacial score (nSPS) is 12.6. The standard InChI is InChI=1S/C24H35FN2O5S/c1-6-7-13-27(3)33(28,29)24-16-19(8-10-22(24)31-5)15-18(2)26-12-14-32-23-17-20(25)9-11-21(23)30-4/h8-11,16-18,26H,6-7,12-15H2,1-5H3. The highest BCUT2D eigenvalue weighted by Crippen LogP contribution is 2.29. The van der Waals surface area contributed by atoms with Crippen LogP contribution in [0, 0.1) is 5.82 Å². The number of methoxy groups -OCH3 is 2. The number of sulfonamides is 1. The Balaban J connectivity index is 1.98. The third-order valence-electron chi connectivity index (χ3n) is 5.26. The summed E-state index contributed by atoms with van der Waals surface area (Å²) in [6, 6.07) is 9.44. The Morgan fingerprint density at radius 1 is 1.06 bits per heavy atom. The van der Waals surface area contributed by atoms with Gasteiger partial charge >= 0.3 is 0 Å². The highest BCUT2D eigenvalue weighted by molar-refractivity contribution is 7.89. The van der Waals surface area contributed by atoms with E-state index in [1.165, 1.54) is 36.7 Å². The van der Waals surface area contributed by atoms with Gasteiger partial charge in [0, 0.05) is 32.2 Å². The third-order valence-corrected chi connectivity index (χ3v) is 7.14. The van der Waals surface area contributed by atoms with Gasteiger partial charge in [-0.2, -0.15) is 0 Å². The molecule has 0 aliphatic rings. The van der Waals surface area contributed by atoms with Crippen LogP contribution in [0.15, 0.2) is 41.3 Å². The van der Waals surface area contributed by atoms with Gasteiger partial charge in [0.2, 0.25) is 10.0 Å². The lowest BCUT2D eigenvalue weighted by Gasteiger charge is -2.20. The van der Waals surface area contributed by atoms with Gasteiger partial charge in [-0.1, -0.05) is 19.4 Å². The summed E-state index contributed by atoms with van der Waals surface area (Å²) in [7, 11) is 0.919. The minimum atomic E-state index is -3.65. The Kier molecular flexibility index (Phi) is 10.4. The molecule has 0 aliphatic carbocycles. The molecule has 2 aromatic carbocycles. The van der Waals surface area contributed by atoms with Gasteiger partial charge in [-0.05, 0) is 49.6 Å². The van der Waals surface area contributed by atoms with Gasteiger partial charge in [-0.15, -0.1) is 0 Å². The van der Waals surface area contributed by atoms with Gasteiger partial charge in [-0.3, -0.25) is 0 Å². The van der Waals surface area contributed by atoms with Crippen LogP contribution in [-0.2, 0) is 16.4 Å². The van der Waals surface area contributed by atoms with Crippen molar-refractivity contribution < 1.29 is 27.0 Å². The van der Waals surface area contributed by atoms with E-state index in [9.17, 15) is 12.8 Å². The average Bonchev–Trinajstić information content (AvgIpc) is 2.80. The van der Waals surface area contributed by atoms with Crippen molar-refractivity contribution >= 4 is 10.0 Å². The largest absolute Gasteiger partial charge is 0.495 e. The number of benzene rings is 2. The number of nitrogens with zero attached hydrogens (tertiary/aromatic N) is 1. The van der Waals surface area contributed by atoms with E-state index in [2.05, 4.69) is 5.32 Å². The predicted octanol–water partition coefficient (Wildman–Crippen LogP) is 3.86. The van der Waals surface area contributed by atoms with Gasteiger partial charge in [0.1, 0.15) is 23.1 Å². The Morgan fingerprint density at radius 3 is 2.42 bits per heavy atom. The summed E-state index contributed by atoms with van der Waals surface area (Å²) >= 11 is 0. The molecule has 0 fully saturated rings. The molecule has 0 amide bonds. The van der Waals surface area contributed by atoms with Crippen LogP contribution in [0.3, 0.4) is 0 Å². The fraction of sp³-hybridized carbons (Fsp3) is 0.500. The number of hydrogen-bond donors (Lipinski definition) is 1. The summed E-state index contributed by atoms with van der Waals surface area (Å²) in [6.45, 7) is 5.35. The van der Waals surface area contributed by atoms with E-state index < -0.39 is 15.8 Å². The van der Waals surface area contributed by atoms with Gasteiger partial charge in [-0.25, -0.2) is 17.1 Å². The molecule has 0 bridgehead atoms. The first-order valence-electron chi connectivity index (χ1n) is 11.1. The SMILES string of the molecule is CCCCN(C)S(=O)(=O)c1cc(CC(C)NCCOc2cc(F)ccc2OC)ccc1OC. The minimum Gasteiger partial charge on any atom is -0.495 e. The summed E-state index contributed by atoms with van der Waals surface area (Å²) in [5.74, 6) is 0.766. The molecule has 1 atom stereocenters. The zero-order valence-corrected chi connectivity index (χ0v) is 20.9. The first-order chi connectivity index (χ1) is 15.7. The third kappa shape index (κ3) is 7.58. The molecule has 1 N–H and O–H groups in total. The lowest BCUT2D eigenvalue weighted by atomic mass is 10.1. The second-order valence-corrected chi connectivity index (χ2v) is 9.88. The van der Waals surface area contributed by atoms with Gasteiger partial charge in [0.05, 0.1) is 14.2 Å². The molecule has 0 aliphatic heterocycles. The second-order valence-electron chi connectivity index (χ2n) is 7.87. The van der Waals surface area contributed by atoms with Gasteiger partial charge in [0.25, 0.3) is 0 Å². The fourth-order valence-corrected chi connectivity index (χ4v) is 4.79. The Bertz CT molecular complexity index is 1000. The maximum atomic E-state index is 13.4. The van der Waals surface area contributed by atoms with E-state index >= 15 is 0 Å². The molecule has 0 heterocycles. The number of hydrogen-bond acceptors (Lipinski definition) is 6. The lowest BCUT2D eigenvalue weighted by molar-refractivity contribution is 0.285. The van der Waals surface area contributed by atoms with Crippen molar-refractivity contribution in [3.8, 4) is 17.2 Å². The van der Waals surface area contributed by atoms with Crippen molar-refractivity contribution in [1.82, 2.24) is 9.62 Å². The van der Waals surface area contributed by atoms with Crippen LogP contribution in [0.4, 0.5) is 4.39 Å².